The van der Waals surface area contributed by atoms with Crippen molar-refractivity contribution in [1.29, 1.82) is 0 Å². The first-order chi connectivity index (χ1) is 13.0. The maximum absolute atomic E-state index is 11.3. The second kappa shape index (κ2) is 13.4. The molecule has 1 unspecified atom stereocenters. The molecule has 0 radical (unpaired) electrons. The third kappa shape index (κ3) is 8.64. The summed E-state index contributed by atoms with van der Waals surface area (Å²) in [5, 5.41) is 38.0. The van der Waals surface area contributed by atoms with E-state index in [-0.39, 0.29) is 19.0 Å². The number of hydrogen-bond donors (Lipinski definition) is 4. The van der Waals surface area contributed by atoms with Gasteiger partial charge in [0.2, 0.25) is 5.76 Å². The van der Waals surface area contributed by atoms with Crippen molar-refractivity contribution in [3.63, 3.8) is 0 Å². The molecule has 1 aliphatic rings. The van der Waals surface area contributed by atoms with Crippen LogP contribution in [-0.4, -0.2) is 64.5 Å². The molecule has 0 aliphatic carbocycles. The quantitative estimate of drug-likeness (QED) is 0.190. The van der Waals surface area contributed by atoms with Gasteiger partial charge in [-0.2, -0.15) is 0 Å². The standard InChI is InChI=1S/C19H32O8/c1-2-3-4-5-6-7-8-9-10-25-12-14(21)13-26-18-16(23)19(24)27-17(18)15(22)11-20/h9-10,14-15,17,20-23H,2-8,11-13H2,1H3/t14?,15-,17+/m0/s1. The average molecular weight is 388 g/mol. The summed E-state index contributed by atoms with van der Waals surface area (Å²) in [5.74, 6) is -2.13. The molecule has 0 fully saturated rings. The zero-order valence-electron chi connectivity index (χ0n) is 15.9. The summed E-state index contributed by atoms with van der Waals surface area (Å²) in [6.45, 7) is 1.23. The van der Waals surface area contributed by atoms with E-state index in [1.807, 2.05) is 6.08 Å². The Morgan fingerprint density at radius 1 is 1.15 bits per heavy atom. The summed E-state index contributed by atoms with van der Waals surface area (Å²) in [4.78, 5) is 11.3. The lowest BCUT2D eigenvalue weighted by molar-refractivity contribution is -0.148. The first-order valence-electron chi connectivity index (χ1n) is 9.51. The molecule has 0 amide bonds. The molecule has 1 rings (SSSR count). The van der Waals surface area contributed by atoms with Gasteiger partial charge in [-0.1, -0.05) is 39.0 Å². The van der Waals surface area contributed by atoms with Gasteiger partial charge in [-0.3, -0.25) is 0 Å². The highest BCUT2D eigenvalue weighted by molar-refractivity contribution is 5.89. The van der Waals surface area contributed by atoms with E-state index in [1.54, 1.807) is 0 Å². The van der Waals surface area contributed by atoms with E-state index in [1.165, 1.54) is 38.4 Å². The van der Waals surface area contributed by atoms with Crippen molar-refractivity contribution < 1.29 is 39.4 Å². The lowest BCUT2D eigenvalue weighted by Crippen LogP contribution is -2.33. The van der Waals surface area contributed by atoms with E-state index < -0.39 is 36.6 Å². The highest BCUT2D eigenvalue weighted by Crippen LogP contribution is 2.25. The summed E-state index contributed by atoms with van der Waals surface area (Å²) in [6.07, 6.45) is 7.97. The molecule has 1 heterocycles. The minimum atomic E-state index is -1.42. The first kappa shape index (κ1) is 23.3. The van der Waals surface area contributed by atoms with Gasteiger partial charge >= 0.3 is 5.97 Å². The number of esters is 1. The third-order valence-corrected chi connectivity index (χ3v) is 4.09. The van der Waals surface area contributed by atoms with E-state index in [0.29, 0.717) is 0 Å². The second-order valence-corrected chi connectivity index (χ2v) is 6.52. The average Bonchev–Trinajstić information content (AvgIpc) is 2.95. The minimum Gasteiger partial charge on any atom is -0.499 e. The molecule has 0 aromatic rings. The monoisotopic (exact) mass is 388 g/mol. The summed E-state index contributed by atoms with van der Waals surface area (Å²) >= 11 is 0. The number of aliphatic hydroxyl groups excluding tert-OH is 4. The minimum absolute atomic E-state index is 0.0247. The van der Waals surface area contributed by atoms with Crippen LogP contribution in [0.3, 0.4) is 0 Å². The molecule has 1 aliphatic heterocycles. The van der Waals surface area contributed by atoms with Crippen molar-refractivity contribution in [2.75, 3.05) is 19.8 Å². The normalized spacial score (nSPS) is 19.4. The number of hydrogen-bond acceptors (Lipinski definition) is 8. The molecule has 8 heteroatoms. The van der Waals surface area contributed by atoms with Crippen LogP contribution in [0.5, 0.6) is 0 Å². The molecule has 4 N–H and O–H groups in total. The van der Waals surface area contributed by atoms with Crippen LogP contribution in [-0.2, 0) is 19.0 Å². The Morgan fingerprint density at radius 2 is 1.85 bits per heavy atom. The van der Waals surface area contributed by atoms with Crippen LogP contribution >= 0.6 is 0 Å². The Bertz CT molecular complexity index is 488. The van der Waals surface area contributed by atoms with Crippen LogP contribution in [0.4, 0.5) is 0 Å². The molecular weight excluding hydrogens is 356 g/mol. The predicted molar refractivity (Wildman–Crippen MR) is 97.7 cm³/mol. The van der Waals surface area contributed by atoms with E-state index in [2.05, 4.69) is 6.92 Å². The molecular formula is C19H32O8. The fourth-order valence-electron chi connectivity index (χ4n) is 2.54. The van der Waals surface area contributed by atoms with Gasteiger partial charge in [0.1, 0.15) is 25.4 Å². The van der Waals surface area contributed by atoms with Crippen LogP contribution in [0.2, 0.25) is 0 Å². The van der Waals surface area contributed by atoms with Crippen molar-refractivity contribution >= 4 is 5.97 Å². The summed E-state index contributed by atoms with van der Waals surface area (Å²) in [5.41, 5.74) is 0. The molecule has 156 valence electrons. The lowest BCUT2D eigenvalue weighted by Gasteiger charge is -2.19. The topological polar surface area (TPSA) is 126 Å². The Kier molecular flexibility index (Phi) is 11.6. The number of rotatable bonds is 15. The first-order valence-corrected chi connectivity index (χ1v) is 9.51. The van der Waals surface area contributed by atoms with Crippen molar-refractivity contribution in [3.8, 4) is 0 Å². The number of carbonyl (C=O) groups is 1. The maximum Gasteiger partial charge on any atom is 0.378 e. The van der Waals surface area contributed by atoms with E-state index in [9.17, 15) is 20.1 Å². The van der Waals surface area contributed by atoms with Crippen molar-refractivity contribution in [3.05, 3.63) is 23.9 Å². The second-order valence-electron chi connectivity index (χ2n) is 6.52. The molecule has 0 aromatic carbocycles. The number of carbonyl (C=O) groups excluding carboxylic acids is 1. The van der Waals surface area contributed by atoms with Crippen LogP contribution in [0.15, 0.2) is 23.9 Å². The Morgan fingerprint density at radius 3 is 2.56 bits per heavy atom. The van der Waals surface area contributed by atoms with E-state index >= 15 is 0 Å². The highest BCUT2D eigenvalue weighted by Gasteiger charge is 2.40. The Labute approximate surface area is 160 Å². The van der Waals surface area contributed by atoms with Crippen molar-refractivity contribution in [1.82, 2.24) is 0 Å². The number of cyclic esters (lactones) is 1. The zero-order valence-corrected chi connectivity index (χ0v) is 15.9. The Balaban J connectivity index is 2.20. The zero-order chi connectivity index (χ0) is 20.1. The number of aliphatic hydroxyl groups is 4. The van der Waals surface area contributed by atoms with Gasteiger partial charge in [0, 0.05) is 0 Å². The number of unbranched alkanes of at least 4 members (excludes halogenated alkanes) is 6. The molecule has 8 nitrogen and oxygen atoms in total. The molecule has 0 spiro atoms. The van der Waals surface area contributed by atoms with Crippen LogP contribution in [0.25, 0.3) is 0 Å². The van der Waals surface area contributed by atoms with E-state index in [0.717, 1.165) is 12.8 Å². The fourth-order valence-corrected chi connectivity index (χ4v) is 2.54. The molecule has 3 atom stereocenters. The number of allylic oxidation sites excluding steroid dienone is 1. The van der Waals surface area contributed by atoms with Gasteiger partial charge in [-0.15, -0.1) is 0 Å². The summed E-state index contributed by atoms with van der Waals surface area (Å²) in [6, 6.07) is 0. The van der Waals surface area contributed by atoms with Gasteiger partial charge in [0.25, 0.3) is 0 Å². The Hall–Kier alpha value is -1.77. The van der Waals surface area contributed by atoms with Crippen molar-refractivity contribution in [2.24, 2.45) is 0 Å². The number of ether oxygens (including phenoxy) is 3. The van der Waals surface area contributed by atoms with Crippen LogP contribution in [0, 0.1) is 0 Å². The van der Waals surface area contributed by atoms with Gasteiger partial charge in [0.15, 0.2) is 11.9 Å². The lowest BCUT2D eigenvalue weighted by atomic mass is 10.1. The van der Waals surface area contributed by atoms with Crippen LogP contribution in [0.1, 0.15) is 51.9 Å². The van der Waals surface area contributed by atoms with Crippen molar-refractivity contribution in [2.45, 2.75) is 70.2 Å². The molecule has 0 bridgehead atoms. The van der Waals surface area contributed by atoms with E-state index in [4.69, 9.17) is 19.3 Å². The van der Waals surface area contributed by atoms with Gasteiger partial charge in [0.05, 0.1) is 12.9 Å². The predicted octanol–water partition coefficient (Wildman–Crippen LogP) is 1.69. The third-order valence-electron chi connectivity index (χ3n) is 4.09. The summed E-state index contributed by atoms with van der Waals surface area (Å²) in [7, 11) is 0. The van der Waals surface area contributed by atoms with Gasteiger partial charge in [-0.25, -0.2) is 4.79 Å². The fraction of sp³-hybridized carbons (Fsp3) is 0.737. The van der Waals surface area contributed by atoms with Gasteiger partial charge < -0.3 is 34.6 Å². The van der Waals surface area contributed by atoms with Gasteiger partial charge in [-0.05, 0) is 18.9 Å². The maximum atomic E-state index is 11.3. The molecule has 0 saturated carbocycles. The molecule has 27 heavy (non-hydrogen) atoms. The largest absolute Gasteiger partial charge is 0.499 e. The SMILES string of the molecule is CCCCCCCCC=COCC(O)COC1=C(O)C(=O)O[C@@H]1[C@@H](O)CO. The smallest absolute Gasteiger partial charge is 0.378 e. The summed E-state index contributed by atoms with van der Waals surface area (Å²) < 4.78 is 15.1. The molecule has 0 saturated heterocycles. The van der Waals surface area contributed by atoms with Crippen LogP contribution < -0.4 is 0 Å². The highest BCUT2D eigenvalue weighted by atomic mass is 16.6. The molecule has 0 aromatic heterocycles.